The number of fused-ring (bicyclic) bond motifs is 1. The first kappa shape index (κ1) is 33.5. The number of nitrogens with one attached hydrogen (secondary N) is 2. The van der Waals surface area contributed by atoms with Crippen molar-refractivity contribution in [2.75, 3.05) is 35.9 Å². The molecule has 1 aliphatic heterocycles. The first-order chi connectivity index (χ1) is 21.0. The van der Waals surface area contributed by atoms with Crippen molar-refractivity contribution in [3.63, 3.8) is 0 Å². The van der Waals surface area contributed by atoms with Gasteiger partial charge in [0.05, 0.1) is 49.5 Å². The topological polar surface area (TPSA) is 185 Å². The lowest BCUT2D eigenvalue weighted by atomic mass is 10.1. The number of alkyl halides is 5. The fourth-order valence-corrected chi connectivity index (χ4v) is 5.69. The highest BCUT2D eigenvalue weighted by molar-refractivity contribution is 7.93. The normalized spacial score (nSPS) is 19.6. The number of hydrogen-bond donors (Lipinski definition) is 3. The number of sulfonamides is 1. The number of nitriles is 1. The number of hydrogen-bond acceptors (Lipinski definition) is 10. The summed E-state index contributed by atoms with van der Waals surface area (Å²) in [4.78, 5) is 23.8. The molecule has 3 atom stereocenters. The van der Waals surface area contributed by atoms with Crippen LogP contribution in [0.3, 0.4) is 0 Å². The van der Waals surface area contributed by atoms with Gasteiger partial charge in [0.1, 0.15) is 18.5 Å². The highest BCUT2D eigenvalue weighted by atomic mass is 32.2. The van der Waals surface area contributed by atoms with Crippen LogP contribution in [0.4, 0.5) is 38.1 Å². The Balaban J connectivity index is 1.67. The van der Waals surface area contributed by atoms with Gasteiger partial charge in [0.2, 0.25) is 11.5 Å². The Morgan fingerprint density at radius 1 is 1.29 bits per heavy atom. The Hall–Kier alpha value is -4.38. The van der Waals surface area contributed by atoms with Crippen LogP contribution in [-0.4, -0.2) is 79.5 Å². The molecule has 0 spiro atoms. The fourth-order valence-electron chi connectivity index (χ4n) is 4.13. The van der Waals surface area contributed by atoms with Gasteiger partial charge in [-0.25, -0.2) is 17.9 Å². The standard InChI is InChI=1S/C25H27F5N6O8S/c1-24(2,25(28,29)30)44-23(39)33-14-3-4-18-17(8-14)36(11-15(43-18)10-32-20(38)16-7-13(16)9-31)45(40,41)19-12-35(22(26)27)34-21(19)42-6-5-37/h3-4,8,12-13,15-16,22,37H,5-7,10-11H2,1-2H3,(H,32,38)(H,33,39)/t13?,15-,16+/m0/s1. The largest absolute Gasteiger partial charge is 0.484 e. The van der Waals surface area contributed by atoms with Gasteiger partial charge in [-0.1, -0.05) is 0 Å². The molecule has 2 heterocycles. The Bertz CT molecular complexity index is 1590. The van der Waals surface area contributed by atoms with E-state index in [1.165, 1.54) is 12.1 Å². The summed E-state index contributed by atoms with van der Waals surface area (Å²) in [6, 6.07) is 5.38. The lowest BCUT2D eigenvalue weighted by Gasteiger charge is -2.35. The van der Waals surface area contributed by atoms with Crippen molar-refractivity contribution in [3.8, 4) is 17.7 Å². The molecular formula is C25H27F5N6O8S. The highest BCUT2D eigenvalue weighted by Gasteiger charge is 2.51. The molecule has 45 heavy (non-hydrogen) atoms. The first-order valence-electron chi connectivity index (χ1n) is 13.2. The van der Waals surface area contributed by atoms with Gasteiger partial charge in [-0.3, -0.25) is 14.4 Å². The summed E-state index contributed by atoms with van der Waals surface area (Å²) in [5.74, 6) is -2.32. The molecule has 1 unspecified atom stereocenters. The van der Waals surface area contributed by atoms with E-state index >= 15 is 0 Å². The number of carbonyl (C=O) groups is 2. The molecule has 14 nitrogen and oxygen atoms in total. The van der Waals surface area contributed by atoms with Gasteiger partial charge in [0, 0.05) is 5.69 Å². The van der Waals surface area contributed by atoms with E-state index < -0.39 is 88.8 Å². The van der Waals surface area contributed by atoms with E-state index in [0.717, 1.165) is 6.07 Å². The van der Waals surface area contributed by atoms with E-state index in [9.17, 15) is 40.0 Å². The lowest BCUT2D eigenvalue weighted by molar-refractivity contribution is -0.242. The van der Waals surface area contributed by atoms with Crippen molar-refractivity contribution < 1.29 is 59.3 Å². The van der Waals surface area contributed by atoms with Crippen LogP contribution < -0.4 is 24.4 Å². The van der Waals surface area contributed by atoms with Crippen molar-refractivity contribution in [2.24, 2.45) is 11.8 Å². The quantitative estimate of drug-likeness (QED) is 0.301. The summed E-state index contributed by atoms with van der Waals surface area (Å²) in [7, 11) is -4.85. The molecule has 2 aliphatic rings. The van der Waals surface area contributed by atoms with Crippen LogP contribution in [0, 0.1) is 23.2 Å². The molecule has 1 aromatic heterocycles. The Morgan fingerprint density at radius 2 is 2.00 bits per heavy atom. The van der Waals surface area contributed by atoms with Crippen LogP contribution in [0.1, 0.15) is 26.8 Å². The minimum absolute atomic E-state index is 0.0241. The molecule has 2 aromatic rings. The van der Waals surface area contributed by atoms with Crippen molar-refractivity contribution in [2.45, 2.75) is 49.6 Å². The smallest absolute Gasteiger partial charge is 0.427 e. The van der Waals surface area contributed by atoms with Crippen LogP contribution >= 0.6 is 0 Å². The molecule has 2 amide bonds. The number of benzene rings is 1. The van der Waals surface area contributed by atoms with Gasteiger partial charge < -0.3 is 24.6 Å². The van der Waals surface area contributed by atoms with Gasteiger partial charge in [-0.2, -0.15) is 27.2 Å². The number of aliphatic hydroxyl groups is 1. The maximum atomic E-state index is 14.0. The van der Waals surface area contributed by atoms with E-state index in [1.54, 1.807) is 0 Å². The molecule has 1 fully saturated rings. The van der Waals surface area contributed by atoms with Crippen LogP contribution in [0.5, 0.6) is 11.6 Å². The Morgan fingerprint density at radius 3 is 2.60 bits per heavy atom. The van der Waals surface area contributed by atoms with E-state index in [2.05, 4.69) is 20.5 Å². The first-order valence-corrected chi connectivity index (χ1v) is 14.6. The maximum Gasteiger partial charge on any atom is 0.427 e. The summed E-state index contributed by atoms with van der Waals surface area (Å²) in [5.41, 5.74) is -3.36. The third kappa shape index (κ3) is 7.30. The molecule has 20 heteroatoms. The van der Waals surface area contributed by atoms with Crippen LogP contribution in [0.2, 0.25) is 0 Å². The molecule has 3 N–H and O–H groups in total. The van der Waals surface area contributed by atoms with E-state index in [1.807, 2.05) is 6.07 Å². The highest BCUT2D eigenvalue weighted by Crippen LogP contribution is 2.41. The van der Waals surface area contributed by atoms with Crippen molar-refractivity contribution >= 4 is 33.4 Å². The van der Waals surface area contributed by atoms with Gasteiger partial charge in [0.25, 0.3) is 15.9 Å². The number of nitrogens with zero attached hydrogens (tertiary/aromatic N) is 4. The number of halogens is 5. The third-order valence-electron chi connectivity index (χ3n) is 6.73. The minimum Gasteiger partial charge on any atom is -0.484 e. The maximum absolute atomic E-state index is 14.0. The predicted octanol–water partition coefficient (Wildman–Crippen LogP) is 2.77. The van der Waals surface area contributed by atoms with Crippen LogP contribution in [0.25, 0.3) is 0 Å². The number of aromatic nitrogens is 2. The lowest BCUT2D eigenvalue weighted by Crippen LogP contribution is -2.48. The second kappa shape index (κ2) is 12.5. The van der Waals surface area contributed by atoms with Crippen molar-refractivity contribution in [1.29, 1.82) is 5.26 Å². The Labute approximate surface area is 252 Å². The zero-order valence-corrected chi connectivity index (χ0v) is 24.4. The van der Waals surface area contributed by atoms with Crippen LogP contribution in [-0.2, 0) is 19.6 Å². The van der Waals surface area contributed by atoms with Crippen molar-refractivity contribution in [3.05, 3.63) is 24.4 Å². The second-order valence-corrected chi connectivity index (χ2v) is 12.3. The second-order valence-electron chi connectivity index (χ2n) is 10.4. The summed E-state index contributed by atoms with van der Waals surface area (Å²) in [6.07, 6.45) is -6.61. The van der Waals surface area contributed by atoms with Gasteiger partial charge in [-0.15, -0.1) is 5.10 Å². The molecule has 1 saturated carbocycles. The molecule has 0 bridgehead atoms. The molecular weight excluding hydrogens is 639 g/mol. The summed E-state index contributed by atoms with van der Waals surface area (Å²) < 4.78 is 111. The zero-order valence-electron chi connectivity index (χ0n) is 23.5. The van der Waals surface area contributed by atoms with E-state index in [4.69, 9.17) is 19.8 Å². The summed E-state index contributed by atoms with van der Waals surface area (Å²) >= 11 is 0. The minimum atomic E-state index is -4.91. The van der Waals surface area contributed by atoms with Crippen molar-refractivity contribution in [1.82, 2.24) is 15.1 Å². The SMILES string of the molecule is CC(C)(OC(=O)Nc1ccc2c(c1)N(S(=O)(=O)c1cn(C(F)F)nc1OCCO)C[C@H](CNC(=O)[C@@H]1CC1C#N)O2)C(F)(F)F. The Kier molecular flexibility index (Phi) is 9.35. The van der Waals surface area contributed by atoms with Crippen LogP contribution in [0.15, 0.2) is 29.3 Å². The van der Waals surface area contributed by atoms with E-state index in [0.29, 0.717) is 30.8 Å². The average molecular weight is 667 g/mol. The number of rotatable bonds is 11. The number of ether oxygens (including phenoxy) is 3. The van der Waals surface area contributed by atoms with Gasteiger partial charge in [0.15, 0.2) is 4.90 Å². The number of anilines is 2. The molecule has 1 aromatic carbocycles. The van der Waals surface area contributed by atoms with E-state index in [-0.39, 0.29) is 28.4 Å². The average Bonchev–Trinajstić information content (AvgIpc) is 3.62. The zero-order chi connectivity index (χ0) is 33.3. The molecule has 246 valence electrons. The fraction of sp³-hybridized carbons (Fsp3) is 0.520. The predicted molar refractivity (Wildman–Crippen MR) is 142 cm³/mol. The molecule has 1 aliphatic carbocycles. The molecule has 0 saturated heterocycles. The number of amides is 2. The number of carbonyl (C=O) groups excluding carboxylic acids is 2. The summed E-state index contributed by atoms with van der Waals surface area (Å²) in [6.45, 7) is -3.88. The molecule has 0 radical (unpaired) electrons. The number of aliphatic hydroxyl groups excluding tert-OH is 1. The van der Waals surface area contributed by atoms with Gasteiger partial charge >= 0.3 is 18.8 Å². The summed E-state index contributed by atoms with van der Waals surface area (Å²) in [5, 5.41) is 26.2. The van der Waals surface area contributed by atoms with Gasteiger partial charge in [-0.05, 0) is 38.5 Å². The molecule has 4 rings (SSSR count). The third-order valence-corrected chi connectivity index (χ3v) is 8.49. The monoisotopic (exact) mass is 666 g/mol.